The molecule has 1 fully saturated rings. The van der Waals surface area contributed by atoms with Crippen molar-refractivity contribution in [2.24, 2.45) is 5.92 Å². The van der Waals surface area contributed by atoms with Crippen molar-refractivity contribution < 1.29 is 0 Å². The Bertz CT molecular complexity index is 777. The van der Waals surface area contributed by atoms with Gasteiger partial charge in [0.2, 0.25) is 0 Å². The first kappa shape index (κ1) is 13.0. The van der Waals surface area contributed by atoms with Crippen LogP contribution in [0.15, 0.2) is 36.7 Å². The van der Waals surface area contributed by atoms with Crippen LogP contribution in [0.3, 0.4) is 0 Å². The number of nitrogens with zero attached hydrogens (tertiary/aromatic N) is 6. The molecule has 0 atom stereocenters. The molecule has 0 radical (unpaired) electrons. The fourth-order valence-corrected chi connectivity index (χ4v) is 2.67. The summed E-state index contributed by atoms with van der Waals surface area (Å²) in [6.07, 6.45) is 3.60. The molecule has 4 heterocycles. The van der Waals surface area contributed by atoms with Crippen molar-refractivity contribution in [2.45, 2.75) is 6.92 Å². The highest BCUT2D eigenvalue weighted by Gasteiger charge is 2.27. The quantitative estimate of drug-likeness (QED) is 0.784. The smallest absolute Gasteiger partial charge is 0.178 e. The van der Waals surface area contributed by atoms with Crippen LogP contribution >= 0.6 is 0 Å². The number of hydrogen-bond donors (Lipinski definition) is 1. The minimum Gasteiger partial charge on any atom is -0.385 e. The number of fused-ring (bicyclic) bond motifs is 1. The second kappa shape index (κ2) is 5.25. The van der Waals surface area contributed by atoms with Gasteiger partial charge in [-0.2, -0.15) is 4.52 Å². The molecule has 22 heavy (non-hydrogen) atoms. The largest absolute Gasteiger partial charge is 0.385 e. The van der Waals surface area contributed by atoms with Crippen molar-refractivity contribution in [3.05, 3.63) is 42.5 Å². The van der Waals surface area contributed by atoms with Gasteiger partial charge in [-0.1, -0.05) is 0 Å². The van der Waals surface area contributed by atoms with Crippen LogP contribution in [-0.4, -0.2) is 44.4 Å². The lowest BCUT2D eigenvalue weighted by molar-refractivity contribution is 0.425. The van der Waals surface area contributed by atoms with Gasteiger partial charge in [-0.15, -0.1) is 15.3 Å². The van der Waals surface area contributed by atoms with Crippen LogP contribution in [0.4, 0.5) is 11.5 Å². The van der Waals surface area contributed by atoms with Crippen molar-refractivity contribution >= 4 is 17.2 Å². The number of nitrogens with one attached hydrogen (secondary N) is 1. The maximum Gasteiger partial charge on any atom is 0.178 e. The minimum absolute atomic E-state index is 0.632. The van der Waals surface area contributed by atoms with E-state index in [1.807, 2.05) is 31.2 Å². The monoisotopic (exact) mass is 295 g/mol. The normalized spacial score (nSPS) is 15.0. The summed E-state index contributed by atoms with van der Waals surface area (Å²) in [5.41, 5.74) is 1.91. The molecule has 0 saturated carbocycles. The van der Waals surface area contributed by atoms with E-state index in [9.17, 15) is 0 Å². The van der Waals surface area contributed by atoms with Crippen molar-refractivity contribution in [1.82, 2.24) is 24.8 Å². The average molecular weight is 295 g/mol. The lowest BCUT2D eigenvalue weighted by atomic mass is 10.0. The molecule has 7 nitrogen and oxygen atoms in total. The number of anilines is 2. The maximum absolute atomic E-state index is 4.60. The van der Waals surface area contributed by atoms with E-state index in [-0.39, 0.29) is 0 Å². The molecule has 1 N–H and O–H groups in total. The van der Waals surface area contributed by atoms with Crippen LogP contribution in [-0.2, 0) is 0 Å². The van der Waals surface area contributed by atoms with E-state index in [2.05, 4.69) is 30.5 Å². The molecule has 0 aliphatic carbocycles. The Morgan fingerprint density at radius 1 is 1.14 bits per heavy atom. The van der Waals surface area contributed by atoms with Gasteiger partial charge in [0, 0.05) is 43.6 Å². The van der Waals surface area contributed by atoms with E-state index >= 15 is 0 Å². The Balaban J connectivity index is 1.37. The fraction of sp³-hybridized carbons (Fsp3) is 0.333. The Labute approximate surface area is 128 Å². The molecular weight excluding hydrogens is 278 g/mol. The van der Waals surface area contributed by atoms with Crippen molar-refractivity contribution in [3.8, 4) is 0 Å². The third-order valence-electron chi connectivity index (χ3n) is 3.96. The molecular formula is C15H17N7. The van der Waals surface area contributed by atoms with Gasteiger partial charge in [0.25, 0.3) is 0 Å². The van der Waals surface area contributed by atoms with Gasteiger partial charge in [-0.25, -0.2) is 0 Å². The molecule has 3 aromatic heterocycles. The van der Waals surface area contributed by atoms with Crippen molar-refractivity contribution in [3.63, 3.8) is 0 Å². The van der Waals surface area contributed by atoms with Crippen molar-refractivity contribution in [1.29, 1.82) is 0 Å². The second-order valence-corrected chi connectivity index (χ2v) is 5.60. The summed E-state index contributed by atoms with van der Waals surface area (Å²) in [5, 5.41) is 16.1. The molecule has 112 valence electrons. The molecule has 4 rings (SSSR count). The fourth-order valence-electron chi connectivity index (χ4n) is 2.67. The summed E-state index contributed by atoms with van der Waals surface area (Å²) in [6.45, 7) is 4.90. The van der Waals surface area contributed by atoms with Crippen LogP contribution in [0.5, 0.6) is 0 Å². The Hall–Kier alpha value is -2.70. The number of rotatable bonds is 4. The van der Waals surface area contributed by atoms with Gasteiger partial charge in [0.05, 0.1) is 0 Å². The van der Waals surface area contributed by atoms with Gasteiger partial charge in [-0.05, 0) is 31.2 Å². The summed E-state index contributed by atoms with van der Waals surface area (Å²) >= 11 is 0. The van der Waals surface area contributed by atoms with Gasteiger partial charge in [0.15, 0.2) is 11.5 Å². The Morgan fingerprint density at radius 2 is 1.95 bits per heavy atom. The lowest BCUT2D eigenvalue weighted by Crippen LogP contribution is -2.50. The summed E-state index contributed by atoms with van der Waals surface area (Å²) in [4.78, 5) is 6.29. The zero-order valence-corrected chi connectivity index (χ0v) is 12.3. The molecule has 0 amide bonds. The zero-order valence-electron chi connectivity index (χ0n) is 12.3. The number of aryl methyl sites for hydroxylation is 1. The van der Waals surface area contributed by atoms with E-state index in [1.165, 1.54) is 0 Å². The van der Waals surface area contributed by atoms with E-state index in [4.69, 9.17) is 0 Å². The third kappa shape index (κ3) is 2.34. The highest BCUT2D eigenvalue weighted by Crippen LogP contribution is 2.23. The molecule has 0 unspecified atom stereocenters. The first-order valence-corrected chi connectivity index (χ1v) is 7.37. The molecule has 0 bridgehead atoms. The van der Waals surface area contributed by atoms with E-state index in [0.29, 0.717) is 5.92 Å². The summed E-state index contributed by atoms with van der Waals surface area (Å²) < 4.78 is 1.79. The van der Waals surface area contributed by atoms with Gasteiger partial charge < -0.3 is 10.2 Å². The van der Waals surface area contributed by atoms with E-state index < -0.39 is 0 Å². The summed E-state index contributed by atoms with van der Waals surface area (Å²) in [7, 11) is 0. The van der Waals surface area contributed by atoms with Gasteiger partial charge >= 0.3 is 0 Å². The van der Waals surface area contributed by atoms with Gasteiger partial charge in [-0.3, -0.25) is 4.98 Å². The zero-order chi connectivity index (χ0) is 14.9. The second-order valence-electron chi connectivity index (χ2n) is 5.60. The number of hydrogen-bond acceptors (Lipinski definition) is 6. The SMILES string of the molecule is Cc1nnc2ccc(N3CC(CNc4ccncc4)C3)nn12. The lowest BCUT2D eigenvalue weighted by Gasteiger charge is -2.40. The van der Waals surface area contributed by atoms with E-state index in [1.54, 1.807) is 16.9 Å². The maximum atomic E-state index is 4.60. The van der Waals surface area contributed by atoms with Crippen LogP contribution in [0.1, 0.15) is 5.82 Å². The number of pyridine rings is 1. The van der Waals surface area contributed by atoms with Crippen LogP contribution in [0, 0.1) is 12.8 Å². The molecule has 1 aliphatic heterocycles. The average Bonchev–Trinajstić information content (AvgIpc) is 2.88. The predicted molar refractivity (Wildman–Crippen MR) is 83.9 cm³/mol. The molecule has 0 aromatic carbocycles. The Morgan fingerprint density at radius 3 is 2.77 bits per heavy atom. The van der Waals surface area contributed by atoms with E-state index in [0.717, 1.165) is 42.6 Å². The summed E-state index contributed by atoms with van der Waals surface area (Å²) in [5.74, 6) is 2.43. The van der Waals surface area contributed by atoms with Crippen LogP contribution in [0.2, 0.25) is 0 Å². The third-order valence-corrected chi connectivity index (χ3v) is 3.96. The Kier molecular flexibility index (Phi) is 3.10. The van der Waals surface area contributed by atoms with Crippen LogP contribution < -0.4 is 10.2 Å². The topological polar surface area (TPSA) is 71.2 Å². The van der Waals surface area contributed by atoms with Gasteiger partial charge in [0.1, 0.15) is 5.82 Å². The minimum atomic E-state index is 0.632. The first-order valence-electron chi connectivity index (χ1n) is 7.37. The molecule has 1 aliphatic rings. The highest BCUT2D eigenvalue weighted by molar-refractivity contribution is 5.48. The number of aromatic nitrogens is 5. The molecule has 3 aromatic rings. The molecule has 7 heteroatoms. The predicted octanol–water partition coefficient (Wildman–Crippen LogP) is 1.38. The van der Waals surface area contributed by atoms with Crippen molar-refractivity contribution in [2.75, 3.05) is 29.9 Å². The molecule has 1 saturated heterocycles. The highest BCUT2D eigenvalue weighted by atomic mass is 15.4. The van der Waals surface area contributed by atoms with Crippen LogP contribution in [0.25, 0.3) is 5.65 Å². The summed E-state index contributed by atoms with van der Waals surface area (Å²) in [6, 6.07) is 7.95. The molecule has 0 spiro atoms. The standard InChI is InChI=1S/C15H17N7/c1-11-18-19-14-2-3-15(20-22(11)14)21-9-12(10-21)8-17-13-4-6-16-7-5-13/h2-7,12H,8-10H2,1H3,(H,16,17). The first-order chi connectivity index (χ1) is 10.8.